The molecule has 3 aliphatic rings. The summed E-state index contributed by atoms with van der Waals surface area (Å²) in [4.78, 5) is 47.5. The van der Waals surface area contributed by atoms with E-state index in [0.29, 0.717) is 23.3 Å². The normalized spacial score (nSPS) is 22.1. The van der Waals surface area contributed by atoms with Gasteiger partial charge in [0.25, 0.3) is 5.56 Å². The molecule has 0 unspecified atom stereocenters. The fourth-order valence-corrected chi connectivity index (χ4v) is 8.18. The van der Waals surface area contributed by atoms with Crippen molar-refractivity contribution in [3.63, 3.8) is 0 Å². The molecule has 4 aromatic rings. The highest BCUT2D eigenvalue weighted by molar-refractivity contribution is 7.22. The van der Waals surface area contributed by atoms with E-state index in [2.05, 4.69) is 4.98 Å². The molecule has 3 fully saturated rings. The van der Waals surface area contributed by atoms with Crippen LogP contribution >= 0.6 is 11.3 Å². The van der Waals surface area contributed by atoms with Crippen molar-refractivity contribution in [1.82, 2.24) is 14.1 Å². The number of esters is 1. The lowest BCUT2D eigenvalue weighted by Gasteiger charge is -2.32. The highest BCUT2D eigenvalue weighted by Gasteiger charge is 2.56. The van der Waals surface area contributed by atoms with E-state index in [-0.39, 0.29) is 59.0 Å². The van der Waals surface area contributed by atoms with Crippen LogP contribution in [0, 0.1) is 12.7 Å². The summed E-state index contributed by atoms with van der Waals surface area (Å²) in [6, 6.07) is 3.15. The van der Waals surface area contributed by atoms with E-state index in [1.165, 1.54) is 17.0 Å². The molecule has 1 saturated carbocycles. The van der Waals surface area contributed by atoms with Crippen molar-refractivity contribution >= 4 is 27.5 Å². The third-order valence-corrected chi connectivity index (χ3v) is 10.6. The van der Waals surface area contributed by atoms with Gasteiger partial charge in [-0.15, -0.1) is 11.3 Å². The predicted octanol–water partition coefficient (Wildman–Crippen LogP) is 6.23. The van der Waals surface area contributed by atoms with Crippen LogP contribution in [-0.4, -0.2) is 50.6 Å². The summed E-state index contributed by atoms with van der Waals surface area (Å²) in [5.41, 5.74) is -3.51. The third-order valence-electron chi connectivity index (χ3n) is 9.26. The van der Waals surface area contributed by atoms with Crippen molar-refractivity contribution in [3.8, 4) is 16.5 Å². The second-order valence-corrected chi connectivity index (χ2v) is 14.9. The van der Waals surface area contributed by atoms with Gasteiger partial charge in [0, 0.05) is 5.56 Å². The van der Waals surface area contributed by atoms with Crippen molar-refractivity contribution < 1.29 is 41.3 Å². The fourth-order valence-electron chi connectivity index (χ4n) is 6.94. The van der Waals surface area contributed by atoms with E-state index in [4.69, 9.17) is 23.4 Å². The molecule has 15 heteroatoms. The number of oxazole rings is 1. The Morgan fingerprint density at radius 2 is 1.88 bits per heavy atom. The van der Waals surface area contributed by atoms with Crippen LogP contribution in [0.15, 0.2) is 44.7 Å². The van der Waals surface area contributed by atoms with E-state index in [1.807, 2.05) is 0 Å². The van der Waals surface area contributed by atoms with Gasteiger partial charge < -0.3 is 23.4 Å². The van der Waals surface area contributed by atoms with E-state index in [9.17, 15) is 27.6 Å². The first-order chi connectivity index (χ1) is 23.2. The molecule has 0 spiro atoms. The van der Waals surface area contributed by atoms with Crippen molar-refractivity contribution in [2.75, 3.05) is 0 Å². The van der Waals surface area contributed by atoms with E-state index < -0.39 is 53.0 Å². The van der Waals surface area contributed by atoms with Crippen LogP contribution in [0.1, 0.15) is 76.5 Å². The number of fused-ring (bicyclic) bond motifs is 3. The molecule has 1 aliphatic carbocycles. The van der Waals surface area contributed by atoms with Crippen molar-refractivity contribution in [1.29, 1.82) is 0 Å². The number of carbonyl (C=O) groups excluding carboxylic acids is 1. The van der Waals surface area contributed by atoms with Crippen LogP contribution < -0.4 is 16.0 Å². The van der Waals surface area contributed by atoms with Gasteiger partial charge in [-0.05, 0) is 90.0 Å². The quantitative estimate of drug-likeness (QED) is 0.177. The Balaban J connectivity index is 1.42. The molecule has 49 heavy (non-hydrogen) atoms. The first-order valence-corrected chi connectivity index (χ1v) is 17.0. The molecular weight excluding hydrogens is 667 g/mol. The van der Waals surface area contributed by atoms with Gasteiger partial charge in [-0.3, -0.25) is 9.36 Å². The molecule has 2 aliphatic heterocycles. The number of carbonyl (C=O) groups is 1. The minimum absolute atomic E-state index is 0.0357. The van der Waals surface area contributed by atoms with Gasteiger partial charge >= 0.3 is 18.3 Å². The van der Waals surface area contributed by atoms with Crippen molar-refractivity contribution in [3.05, 3.63) is 68.4 Å². The molecular formula is C34H36F3N3O8S. The number of rotatable bonds is 10. The smallest absolute Gasteiger partial charge is 0.387 e. The number of aryl methyl sites for hydroxylation is 1. The molecule has 0 radical (unpaired) electrons. The monoisotopic (exact) mass is 703 g/mol. The zero-order valence-corrected chi connectivity index (χ0v) is 28.2. The highest BCUT2D eigenvalue weighted by Crippen LogP contribution is 2.45. The largest absolute Gasteiger partial charge is 0.458 e. The predicted molar refractivity (Wildman–Crippen MR) is 171 cm³/mol. The number of alkyl halides is 2. The molecule has 0 N–H and O–H groups in total. The summed E-state index contributed by atoms with van der Waals surface area (Å²) >= 11 is 1.08. The summed E-state index contributed by atoms with van der Waals surface area (Å²) in [7, 11) is 0. The summed E-state index contributed by atoms with van der Waals surface area (Å²) < 4.78 is 72.9. The molecule has 1 aromatic carbocycles. The first kappa shape index (κ1) is 33.5. The topological polar surface area (TPSA) is 124 Å². The zero-order chi connectivity index (χ0) is 34.8. The lowest BCUT2D eigenvalue weighted by molar-refractivity contribution is -0.161. The fraction of sp³-hybridized carbons (Fsp3) is 0.529. The molecule has 3 aromatic heterocycles. The average molecular weight is 704 g/mol. The number of aromatic nitrogens is 3. The van der Waals surface area contributed by atoms with Gasteiger partial charge in [0.05, 0.1) is 41.3 Å². The highest BCUT2D eigenvalue weighted by atomic mass is 32.1. The van der Waals surface area contributed by atoms with Gasteiger partial charge in [0.1, 0.15) is 34.4 Å². The summed E-state index contributed by atoms with van der Waals surface area (Å²) in [6.07, 6.45) is 4.28. The number of thiophene rings is 1. The SMILES string of the molecule is Cc1c(-c2ncco2)sc2c1c(=O)n(C1(C(=O)OC(C)(C)C)CC1)c(=O)n2C[C@H](OC1C[C@H]2CC[C@H](C1)O2)c1cc(F)ccc1OC(F)F. The summed E-state index contributed by atoms with van der Waals surface area (Å²) in [5.74, 6) is -1.53. The number of halogens is 3. The van der Waals surface area contributed by atoms with Crippen LogP contribution in [0.4, 0.5) is 13.2 Å². The summed E-state index contributed by atoms with van der Waals surface area (Å²) in [6.45, 7) is 3.23. The van der Waals surface area contributed by atoms with Gasteiger partial charge in [-0.25, -0.2) is 23.5 Å². The molecule has 7 rings (SSSR count). The second kappa shape index (κ2) is 12.4. The van der Waals surface area contributed by atoms with Crippen molar-refractivity contribution in [2.45, 2.75) is 115 Å². The van der Waals surface area contributed by atoms with Gasteiger partial charge in [-0.1, -0.05) is 0 Å². The van der Waals surface area contributed by atoms with Crippen LogP contribution in [-0.2, 0) is 31.1 Å². The Bertz CT molecular complexity index is 2000. The van der Waals surface area contributed by atoms with Crippen LogP contribution in [0.3, 0.4) is 0 Å². The molecule has 5 heterocycles. The Kier molecular flexibility index (Phi) is 8.51. The minimum Gasteiger partial charge on any atom is -0.458 e. The Labute approximate surface area is 282 Å². The average Bonchev–Trinajstić information content (AvgIpc) is 3.30. The van der Waals surface area contributed by atoms with Gasteiger partial charge in [-0.2, -0.15) is 8.78 Å². The number of nitrogens with zero attached hydrogens (tertiary/aromatic N) is 3. The van der Waals surface area contributed by atoms with Gasteiger partial charge in [0.15, 0.2) is 5.54 Å². The standard InChI is InChI=1S/C34H36F3N3O8S/c1-17-25-28(41)40(34(9-10-34)30(42)48-33(2,3)4)32(43)39(29(25)49-26(17)27-38-11-12-44-27)16-24(46-21-14-19-6-7-20(15-21)45-19)22-13-18(35)5-8-23(22)47-31(36)37/h5,8,11-13,19-21,24,31H,6-7,9-10,14-16H2,1-4H3/t19-,20-,24+/m1/s1. The van der Waals surface area contributed by atoms with Crippen LogP contribution in [0.2, 0.25) is 0 Å². The van der Waals surface area contributed by atoms with Gasteiger partial charge in [0.2, 0.25) is 5.89 Å². The maximum absolute atomic E-state index is 14.8. The van der Waals surface area contributed by atoms with Crippen LogP contribution in [0.5, 0.6) is 5.75 Å². The molecule has 11 nitrogen and oxygen atoms in total. The van der Waals surface area contributed by atoms with Crippen LogP contribution in [0.25, 0.3) is 21.0 Å². The maximum Gasteiger partial charge on any atom is 0.387 e. The number of ether oxygens (including phenoxy) is 4. The van der Waals surface area contributed by atoms with Crippen molar-refractivity contribution in [2.24, 2.45) is 0 Å². The van der Waals surface area contributed by atoms with E-state index in [1.54, 1.807) is 27.7 Å². The maximum atomic E-state index is 14.8. The minimum atomic E-state index is -3.22. The molecule has 3 atom stereocenters. The first-order valence-electron chi connectivity index (χ1n) is 16.2. The molecule has 2 saturated heterocycles. The zero-order valence-electron chi connectivity index (χ0n) is 27.4. The molecule has 262 valence electrons. The Morgan fingerprint density at radius 3 is 2.49 bits per heavy atom. The molecule has 0 amide bonds. The summed E-state index contributed by atoms with van der Waals surface area (Å²) in [5, 5.41) is 0.152. The number of hydrogen-bond donors (Lipinski definition) is 0. The van der Waals surface area contributed by atoms with E-state index >= 15 is 0 Å². The Hall–Kier alpha value is -3.95. The molecule has 2 bridgehead atoms. The number of benzene rings is 1. The van der Waals surface area contributed by atoms with E-state index in [0.717, 1.165) is 46.9 Å². The lowest BCUT2D eigenvalue weighted by atomic mass is 10.0. The number of hydrogen-bond acceptors (Lipinski definition) is 10. The Morgan fingerprint density at radius 1 is 1.16 bits per heavy atom. The second-order valence-electron chi connectivity index (χ2n) is 13.9. The third kappa shape index (κ3) is 6.32. The lowest BCUT2D eigenvalue weighted by Crippen LogP contribution is -2.50.